The lowest BCUT2D eigenvalue weighted by Crippen LogP contribution is -2.20. The van der Waals surface area contributed by atoms with Crippen molar-refractivity contribution >= 4 is 34.9 Å². The van der Waals surface area contributed by atoms with Crippen molar-refractivity contribution < 1.29 is 0 Å². The Kier molecular flexibility index (Phi) is 3.50. The first-order valence-corrected chi connectivity index (χ1v) is 8.06. The van der Waals surface area contributed by atoms with E-state index in [0.29, 0.717) is 28.3 Å². The molecule has 0 atom stereocenters. The van der Waals surface area contributed by atoms with Crippen molar-refractivity contribution in [2.24, 2.45) is 0 Å². The summed E-state index contributed by atoms with van der Waals surface area (Å²) in [5.74, 6) is 0.852. The second kappa shape index (κ2) is 5.54. The maximum atomic E-state index is 12.4. The molecule has 0 unspecified atom stereocenters. The number of hydrogen-bond acceptors (Lipinski definition) is 4. The van der Waals surface area contributed by atoms with Crippen molar-refractivity contribution in [3.05, 3.63) is 55.4 Å². The summed E-state index contributed by atoms with van der Waals surface area (Å²) in [5, 5.41) is 7.06. The second-order valence-corrected chi connectivity index (χ2v) is 6.26. The van der Waals surface area contributed by atoms with Gasteiger partial charge in [-0.25, -0.2) is 4.98 Å². The predicted octanol–water partition coefficient (Wildman–Crippen LogP) is 2.83. The van der Waals surface area contributed by atoms with E-state index < -0.39 is 0 Å². The highest BCUT2D eigenvalue weighted by atomic mass is 35.5. The van der Waals surface area contributed by atoms with E-state index >= 15 is 0 Å². The minimum absolute atomic E-state index is 0.0659. The van der Waals surface area contributed by atoms with Gasteiger partial charge >= 0.3 is 0 Å². The summed E-state index contributed by atoms with van der Waals surface area (Å²) >= 11 is 12.2. The molecule has 4 rings (SSSR count). The van der Waals surface area contributed by atoms with Crippen molar-refractivity contribution in [3.8, 4) is 0 Å². The van der Waals surface area contributed by atoms with Crippen molar-refractivity contribution in [3.63, 3.8) is 0 Å². The molecule has 0 saturated carbocycles. The number of aromatic amines is 1. The fraction of sp³-hybridized carbons (Fsp3) is 0.267. The van der Waals surface area contributed by atoms with E-state index in [-0.39, 0.29) is 5.56 Å². The Hall–Kier alpha value is -2.05. The van der Waals surface area contributed by atoms with Crippen LogP contribution in [0.4, 0.5) is 5.95 Å². The van der Waals surface area contributed by atoms with E-state index in [9.17, 15) is 4.79 Å². The summed E-state index contributed by atoms with van der Waals surface area (Å²) in [6.07, 6.45) is 2.60. The minimum Gasteiger partial charge on any atom is -0.350 e. The van der Waals surface area contributed by atoms with Gasteiger partial charge in [0.1, 0.15) is 0 Å². The lowest BCUT2D eigenvalue weighted by atomic mass is 10.2. The fourth-order valence-electron chi connectivity index (χ4n) is 2.83. The Morgan fingerprint density at radius 1 is 1.26 bits per heavy atom. The Labute approximate surface area is 141 Å². The zero-order valence-electron chi connectivity index (χ0n) is 12.1. The average Bonchev–Trinajstić information content (AvgIpc) is 3.16. The highest BCUT2D eigenvalue weighted by molar-refractivity contribution is 6.42. The molecule has 0 fully saturated rings. The first-order chi connectivity index (χ1) is 11.1. The van der Waals surface area contributed by atoms with Gasteiger partial charge in [-0.05, 0) is 30.9 Å². The van der Waals surface area contributed by atoms with Crippen molar-refractivity contribution in [1.29, 1.82) is 0 Å². The maximum Gasteiger partial charge on any atom is 0.277 e. The number of nitrogens with one attached hydrogen (secondary N) is 2. The third-order valence-electron chi connectivity index (χ3n) is 3.99. The van der Waals surface area contributed by atoms with Crippen LogP contribution >= 0.6 is 23.2 Å². The first-order valence-electron chi connectivity index (χ1n) is 7.31. The molecule has 118 valence electrons. The van der Waals surface area contributed by atoms with E-state index in [1.54, 1.807) is 6.07 Å². The molecule has 2 aromatic heterocycles. The van der Waals surface area contributed by atoms with E-state index in [1.807, 2.05) is 12.1 Å². The van der Waals surface area contributed by atoms with Crippen LogP contribution in [0.2, 0.25) is 10.0 Å². The van der Waals surface area contributed by atoms with E-state index in [1.165, 1.54) is 4.52 Å². The number of aryl methyl sites for hydroxylation is 1. The monoisotopic (exact) mass is 349 g/mol. The van der Waals surface area contributed by atoms with Gasteiger partial charge in [-0.2, -0.15) is 9.50 Å². The number of halogens is 2. The van der Waals surface area contributed by atoms with Crippen LogP contribution in [0.5, 0.6) is 0 Å². The van der Waals surface area contributed by atoms with Gasteiger partial charge in [0.15, 0.2) is 0 Å². The summed E-state index contributed by atoms with van der Waals surface area (Å²) in [4.78, 5) is 21.2. The van der Waals surface area contributed by atoms with E-state index in [4.69, 9.17) is 23.2 Å². The van der Waals surface area contributed by atoms with Gasteiger partial charge in [0.05, 0.1) is 15.7 Å². The van der Waals surface area contributed by atoms with Gasteiger partial charge in [0.2, 0.25) is 5.95 Å². The Morgan fingerprint density at radius 3 is 3.00 bits per heavy atom. The molecular weight excluding hydrogens is 337 g/mol. The predicted molar refractivity (Wildman–Crippen MR) is 89.4 cm³/mol. The lowest BCUT2D eigenvalue weighted by molar-refractivity contribution is 0.868. The normalized spacial score (nSPS) is 13.5. The number of aromatic nitrogens is 4. The lowest BCUT2D eigenvalue weighted by Gasteiger charge is -2.06. The number of anilines is 1. The van der Waals surface area contributed by atoms with Crippen LogP contribution < -0.4 is 10.9 Å². The van der Waals surface area contributed by atoms with Gasteiger partial charge in [0.25, 0.3) is 11.3 Å². The van der Waals surface area contributed by atoms with Crippen molar-refractivity contribution in [1.82, 2.24) is 19.6 Å². The Bertz CT molecular complexity index is 962. The molecule has 1 aliphatic carbocycles. The molecule has 8 heteroatoms. The minimum atomic E-state index is -0.0659. The molecule has 0 saturated heterocycles. The first kappa shape index (κ1) is 14.5. The molecule has 1 aliphatic rings. The smallest absolute Gasteiger partial charge is 0.277 e. The van der Waals surface area contributed by atoms with Gasteiger partial charge in [-0.3, -0.25) is 9.89 Å². The zero-order valence-corrected chi connectivity index (χ0v) is 13.6. The molecule has 0 aliphatic heterocycles. The Morgan fingerprint density at radius 2 is 2.13 bits per heavy atom. The molecule has 3 aromatic rings. The average molecular weight is 350 g/mol. The Balaban J connectivity index is 1.64. The largest absolute Gasteiger partial charge is 0.350 e. The molecule has 2 heterocycles. The molecular formula is C15H13Cl2N5O. The van der Waals surface area contributed by atoms with Crippen LogP contribution in [0.25, 0.3) is 5.78 Å². The van der Waals surface area contributed by atoms with E-state index in [0.717, 1.165) is 36.1 Å². The highest BCUT2D eigenvalue weighted by Crippen LogP contribution is 2.26. The van der Waals surface area contributed by atoms with Crippen LogP contribution in [0.15, 0.2) is 23.0 Å². The zero-order chi connectivity index (χ0) is 16.0. The number of hydrogen-bond donors (Lipinski definition) is 2. The standard InChI is InChI=1S/C15H13Cl2N5O/c16-10-5-1-3-8(12(10)17)7-18-14-20-15-19-11-6-2-4-9(11)13(23)22(15)21-14/h1,3,5H,2,4,6-7H2,(H2,18,19,20,21). The molecule has 23 heavy (non-hydrogen) atoms. The molecule has 1 aromatic carbocycles. The van der Waals surface area contributed by atoms with Gasteiger partial charge in [-0.1, -0.05) is 35.3 Å². The second-order valence-electron chi connectivity index (χ2n) is 5.47. The number of rotatable bonds is 3. The molecule has 2 N–H and O–H groups in total. The van der Waals surface area contributed by atoms with Gasteiger partial charge in [-0.15, -0.1) is 0 Å². The summed E-state index contributed by atoms with van der Waals surface area (Å²) in [5.41, 5.74) is 2.44. The third-order valence-corrected chi connectivity index (χ3v) is 4.85. The molecule has 0 amide bonds. The summed E-state index contributed by atoms with van der Waals surface area (Å²) < 4.78 is 1.38. The van der Waals surface area contributed by atoms with Crippen LogP contribution in [0.1, 0.15) is 23.2 Å². The van der Waals surface area contributed by atoms with Crippen molar-refractivity contribution in [2.75, 3.05) is 5.32 Å². The van der Waals surface area contributed by atoms with Crippen LogP contribution in [-0.4, -0.2) is 19.6 Å². The summed E-state index contributed by atoms with van der Waals surface area (Å²) in [6.45, 7) is 0.438. The molecule has 0 bridgehead atoms. The van der Waals surface area contributed by atoms with Crippen LogP contribution in [0.3, 0.4) is 0 Å². The molecule has 0 spiro atoms. The topological polar surface area (TPSA) is 75.1 Å². The van der Waals surface area contributed by atoms with Crippen LogP contribution in [0, 0.1) is 0 Å². The number of H-pyrrole nitrogens is 1. The third kappa shape index (κ3) is 2.48. The van der Waals surface area contributed by atoms with Crippen LogP contribution in [-0.2, 0) is 19.4 Å². The fourth-order valence-corrected chi connectivity index (χ4v) is 3.21. The molecule has 6 nitrogen and oxygen atoms in total. The molecule has 0 radical (unpaired) electrons. The highest BCUT2D eigenvalue weighted by Gasteiger charge is 2.19. The number of benzene rings is 1. The number of nitrogens with zero attached hydrogens (tertiary/aromatic N) is 3. The summed E-state index contributed by atoms with van der Waals surface area (Å²) in [6, 6.07) is 5.45. The maximum absolute atomic E-state index is 12.4. The van der Waals surface area contributed by atoms with Crippen molar-refractivity contribution in [2.45, 2.75) is 25.8 Å². The van der Waals surface area contributed by atoms with Gasteiger partial charge < -0.3 is 5.32 Å². The summed E-state index contributed by atoms with van der Waals surface area (Å²) in [7, 11) is 0. The SMILES string of the molecule is O=c1c2c(nc3nc(NCc4cccc(Cl)c4Cl)[nH]n13)CCC2. The quantitative estimate of drug-likeness (QED) is 0.762. The van der Waals surface area contributed by atoms with E-state index in [2.05, 4.69) is 20.4 Å². The van der Waals surface area contributed by atoms with Gasteiger partial charge in [0, 0.05) is 12.1 Å². The number of fused-ring (bicyclic) bond motifs is 2.